The van der Waals surface area contributed by atoms with Crippen LogP contribution in [0.1, 0.15) is 17.3 Å². The third-order valence-corrected chi connectivity index (χ3v) is 2.07. The van der Waals surface area contributed by atoms with Crippen molar-refractivity contribution in [3.05, 3.63) is 29.6 Å². The largest absolute Gasteiger partial charge is 0.490 e. The average molecular weight is 225 g/mol. The number of aldehydes is 1. The summed E-state index contributed by atoms with van der Waals surface area (Å²) in [4.78, 5) is 21.1. The Morgan fingerprint density at radius 2 is 2.31 bits per heavy atom. The van der Waals surface area contributed by atoms with Gasteiger partial charge in [0.05, 0.1) is 12.5 Å². The van der Waals surface area contributed by atoms with Crippen LogP contribution in [0.5, 0.6) is 5.75 Å². The molecule has 0 saturated carbocycles. The normalized spacial score (nSPS) is 11.9. The van der Waals surface area contributed by atoms with E-state index in [9.17, 15) is 14.0 Å². The highest BCUT2D eigenvalue weighted by atomic mass is 19.1. The fraction of sp³-hybridized carbons (Fsp3) is 0.273. The van der Waals surface area contributed by atoms with E-state index in [1.807, 2.05) is 0 Å². The minimum absolute atomic E-state index is 0.00120. The summed E-state index contributed by atoms with van der Waals surface area (Å²) >= 11 is 0. The van der Waals surface area contributed by atoms with Crippen molar-refractivity contribution < 1.29 is 18.7 Å². The minimum Gasteiger partial charge on any atom is -0.490 e. The number of carbonyl (C=O) groups is 2. The molecule has 1 unspecified atom stereocenters. The molecular formula is C11H12FNO3. The van der Waals surface area contributed by atoms with Gasteiger partial charge >= 0.3 is 0 Å². The molecule has 0 saturated heterocycles. The molecule has 1 rings (SSSR count). The molecule has 86 valence electrons. The van der Waals surface area contributed by atoms with Gasteiger partial charge in [0.25, 0.3) is 0 Å². The van der Waals surface area contributed by atoms with Crippen LogP contribution in [0.25, 0.3) is 0 Å². The lowest BCUT2D eigenvalue weighted by molar-refractivity contribution is -0.122. The van der Waals surface area contributed by atoms with Crippen molar-refractivity contribution in [1.29, 1.82) is 0 Å². The van der Waals surface area contributed by atoms with Gasteiger partial charge in [0.15, 0.2) is 11.6 Å². The first-order valence-corrected chi connectivity index (χ1v) is 4.71. The zero-order chi connectivity index (χ0) is 12.1. The van der Waals surface area contributed by atoms with Gasteiger partial charge in [-0.1, -0.05) is 6.92 Å². The molecule has 1 amide bonds. The summed E-state index contributed by atoms with van der Waals surface area (Å²) in [5.41, 5.74) is 5.25. The smallest absolute Gasteiger partial charge is 0.223 e. The van der Waals surface area contributed by atoms with Gasteiger partial charge in [0.2, 0.25) is 5.91 Å². The van der Waals surface area contributed by atoms with E-state index in [1.165, 1.54) is 12.1 Å². The van der Waals surface area contributed by atoms with E-state index in [0.29, 0.717) is 6.29 Å². The second kappa shape index (κ2) is 5.25. The van der Waals surface area contributed by atoms with Gasteiger partial charge in [-0.05, 0) is 18.2 Å². The predicted molar refractivity (Wildman–Crippen MR) is 55.6 cm³/mol. The molecule has 16 heavy (non-hydrogen) atoms. The highest BCUT2D eigenvalue weighted by Gasteiger charge is 2.11. The minimum atomic E-state index is -0.638. The number of hydrogen-bond acceptors (Lipinski definition) is 3. The number of nitrogens with two attached hydrogens (primary N) is 1. The van der Waals surface area contributed by atoms with E-state index in [-0.39, 0.29) is 17.9 Å². The first-order chi connectivity index (χ1) is 7.54. The van der Waals surface area contributed by atoms with Crippen molar-refractivity contribution in [2.24, 2.45) is 11.7 Å². The number of benzene rings is 1. The zero-order valence-electron chi connectivity index (χ0n) is 8.77. The highest BCUT2D eigenvalue weighted by Crippen LogP contribution is 2.18. The van der Waals surface area contributed by atoms with Gasteiger partial charge in [0.1, 0.15) is 6.29 Å². The molecule has 5 heteroatoms. The van der Waals surface area contributed by atoms with Crippen LogP contribution in [-0.2, 0) is 4.79 Å². The molecule has 0 heterocycles. The third kappa shape index (κ3) is 3.05. The summed E-state index contributed by atoms with van der Waals surface area (Å²) in [7, 11) is 0. The Labute approximate surface area is 92.2 Å². The highest BCUT2D eigenvalue weighted by molar-refractivity contribution is 5.76. The van der Waals surface area contributed by atoms with Gasteiger partial charge in [-0.2, -0.15) is 0 Å². The molecule has 0 fully saturated rings. The number of halogens is 1. The van der Waals surface area contributed by atoms with Crippen LogP contribution in [0.3, 0.4) is 0 Å². The molecule has 0 aromatic heterocycles. The molecular weight excluding hydrogens is 213 g/mol. The Morgan fingerprint density at radius 1 is 1.62 bits per heavy atom. The van der Waals surface area contributed by atoms with Crippen molar-refractivity contribution in [2.75, 3.05) is 6.61 Å². The van der Waals surface area contributed by atoms with Crippen LogP contribution in [-0.4, -0.2) is 18.8 Å². The van der Waals surface area contributed by atoms with Gasteiger partial charge in [-0.25, -0.2) is 4.39 Å². The summed E-state index contributed by atoms with van der Waals surface area (Å²) in [5, 5.41) is 0. The monoisotopic (exact) mass is 225 g/mol. The number of hydrogen-bond donors (Lipinski definition) is 1. The van der Waals surface area contributed by atoms with Gasteiger partial charge in [0, 0.05) is 5.56 Å². The van der Waals surface area contributed by atoms with Crippen molar-refractivity contribution in [2.45, 2.75) is 6.92 Å². The Hall–Kier alpha value is -1.91. The van der Waals surface area contributed by atoms with Crippen molar-refractivity contribution in [1.82, 2.24) is 0 Å². The molecule has 0 aliphatic heterocycles. The summed E-state index contributed by atoms with van der Waals surface area (Å²) in [6, 6.07) is 3.84. The van der Waals surface area contributed by atoms with Crippen molar-refractivity contribution in [3.8, 4) is 5.75 Å². The summed E-state index contributed by atoms with van der Waals surface area (Å²) in [6.07, 6.45) is 0.541. The second-order valence-electron chi connectivity index (χ2n) is 3.42. The maximum atomic E-state index is 13.3. The standard InChI is InChI=1S/C11H12FNO3/c1-7(11(13)15)6-16-10-3-2-8(5-14)4-9(10)12/h2-5,7H,6H2,1H3,(H2,13,15). The van der Waals surface area contributed by atoms with Gasteiger partial charge in [-0.15, -0.1) is 0 Å². The number of primary amides is 1. The quantitative estimate of drug-likeness (QED) is 0.764. The van der Waals surface area contributed by atoms with Crippen molar-refractivity contribution >= 4 is 12.2 Å². The Morgan fingerprint density at radius 3 is 2.81 bits per heavy atom. The maximum absolute atomic E-state index is 13.3. The molecule has 0 aliphatic carbocycles. The molecule has 0 bridgehead atoms. The lowest BCUT2D eigenvalue weighted by atomic mass is 10.2. The lowest BCUT2D eigenvalue weighted by Crippen LogP contribution is -2.25. The van der Waals surface area contributed by atoms with Crippen molar-refractivity contribution in [3.63, 3.8) is 0 Å². The number of amides is 1. The summed E-state index contributed by atoms with van der Waals surface area (Å²) in [6.45, 7) is 1.59. The molecule has 1 aromatic rings. The molecule has 4 nitrogen and oxygen atoms in total. The van der Waals surface area contributed by atoms with E-state index in [1.54, 1.807) is 6.92 Å². The fourth-order valence-electron chi connectivity index (χ4n) is 1.00. The molecule has 0 aliphatic rings. The van der Waals surface area contributed by atoms with Crippen LogP contribution in [0.2, 0.25) is 0 Å². The first kappa shape index (κ1) is 12.2. The molecule has 1 aromatic carbocycles. The maximum Gasteiger partial charge on any atom is 0.223 e. The summed E-state index contributed by atoms with van der Waals surface area (Å²) < 4.78 is 18.4. The topological polar surface area (TPSA) is 69.4 Å². The Balaban J connectivity index is 2.68. The third-order valence-electron chi connectivity index (χ3n) is 2.07. The Bertz CT molecular complexity index is 406. The van der Waals surface area contributed by atoms with Crippen LogP contribution in [0.15, 0.2) is 18.2 Å². The first-order valence-electron chi connectivity index (χ1n) is 4.71. The van der Waals surface area contributed by atoms with E-state index >= 15 is 0 Å². The molecule has 2 N–H and O–H groups in total. The number of carbonyl (C=O) groups excluding carboxylic acids is 2. The van der Waals surface area contributed by atoms with Gasteiger partial charge < -0.3 is 10.5 Å². The average Bonchev–Trinajstić information content (AvgIpc) is 2.26. The lowest BCUT2D eigenvalue weighted by Gasteiger charge is -2.10. The van der Waals surface area contributed by atoms with Crippen LogP contribution >= 0.6 is 0 Å². The molecule has 0 spiro atoms. The SMILES string of the molecule is CC(COc1ccc(C=O)cc1F)C(N)=O. The second-order valence-corrected chi connectivity index (χ2v) is 3.42. The fourth-order valence-corrected chi connectivity index (χ4v) is 1.00. The number of rotatable bonds is 5. The van der Waals surface area contributed by atoms with Crippen LogP contribution in [0.4, 0.5) is 4.39 Å². The van der Waals surface area contributed by atoms with E-state index < -0.39 is 17.6 Å². The van der Waals surface area contributed by atoms with E-state index in [2.05, 4.69) is 0 Å². The van der Waals surface area contributed by atoms with Crippen LogP contribution < -0.4 is 10.5 Å². The Kier molecular flexibility index (Phi) is 3.99. The zero-order valence-corrected chi connectivity index (χ0v) is 8.77. The van der Waals surface area contributed by atoms with Crippen LogP contribution in [0, 0.1) is 11.7 Å². The molecule has 1 atom stereocenters. The van der Waals surface area contributed by atoms with Gasteiger partial charge in [-0.3, -0.25) is 9.59 Å². The molecule has 0 radical (unpaired) electrons. The number of ether oxygens (including phenoxy) is 1. The van der Waals surface area contributed by atoms with E-state index in [0.717, 1.165) is 6.07 Å². The predicted octanol–water partition coefficient (Wildman–Crippen LogP) is 1.14. The summed E-state index contributed by atoms with van der Waals surface area (Å²) in [5.74, 6) is -1.64. The van der Waals surface area contributed by atoms with E-state index in [4.69, 9.17) is 10.5 Å².